The van der Waals surface area contributed by atoms with E-state index in [4.69, 9.17) is 13.9 Å². The second kappa shape index (κ2) is 10.7. The number of morpholine rings is 1. The Hall–Kier alpha value is -1.74. The van der Waals surface area contributed by atoms with Gasteiger partial charge in [0.25, 0.3) is 5.91 Å². The molecule has 0 saturated carbocycles. The van der Waals surface area contributed by atoms with Gasteiger partial charge in [-0.2, -0.15) is 0 Å². The van der Waals surface area contributed by atoms with Gasteiger partial charge in [0.05, 0.1) is 32.6 Å². The van der Waals surface area contributed by atoms with Crippen LogP contribution in [-0.2, 0) is 26.7 Å². The van der Waals surface area contributed by atoms with Crippen LogP contribution in [0.3, 0.4) is 0 Å². The molecule has 1 saturated heterocycles. The number of benzene rings is 1. The zero-order valence-electron chi connectivity index (χ0n) is 22.0. The van der Waals surface area contributed by atoms with E-state index >= 15 is 0 Å². The molecule has 1 amide bonds. The number of H-pyrrole nitrogens is 1. The normalized spacial score (nSPS) is 19.3. The number of carbonyl (C=O) groups excluding carboxylic acids is 1. The highest BCUT2D eigenvalue weighted by Gasteiger charge is 2.37. The average molecular weight is 505 g/mol. The number of aromatic nitrogens is 1. The lowest BCUT2D eigenvalue weighted by Crippen LogP contribution is -2.41. The monoisotopic (exact) mass is 504 g/mol. The molecule has 4 rings (SSSR count). The minimum Gasteiger partial charge on any atom is -0.417 e. The van der Waals surface area contributed by atoms with Gasteiger partial charge in [0.1, 0.15) is 0 Å². The highest BCUT2D eigenvalue weighted by molar-refractivity contribution is 6.74. The van der Waals surface area contributed by atoms with Crippen LogP contribution in [0.5, 0.6) is 0 Å². The molecule has 1 aromatic heterocycles. The molecule has 8 heteroatoms. The van der Waals surface area contributed by atoms with Crippen LogP contribution in [0.4, 0.5) is 4.39 Å². The minimum absolute atomic E-state index is 0.0430. The summed E-state index contributed by atoms with van der Waals surface area (Å²) >= 11 is 0. The van der Waals surface area contributed by atoms with E-state index in [1.54, 1.807) is 0 Å². The number of carbonyl (C=O) groups is 1. The van der Waals surface area contributed by atoms with E-state index in [9.17, 15) is 9.18 Å². The van der Waals surface area contributed by atoms with E-state index in [2.05, 4.69) is 38.8 Å². The summed E-state index contributed by atoms with van der Waals surface area (Å²) in [6, 6.07) is 3.93. The lowest BCUT2D eigenvalue weighted by atomic mass is 9.95. The molecular formula is C27H41FN2O4Si. The summed E-state index contributed by atoms with van der Waals surface area (Å²) in [4.78, 5) is 19.0. The van der Waals surface area contributed by atoms with Gasteiger partial charge in [-0.05, 0) is 54.6 Å². The van der Waals surface area contributed by atoms with Crippen molar-refractivity contribution in [2.75, 3.05) is 46.2 Å². The molecular weight excluding hydrogens is 463 g/mol. The zero-order chi connectivity index (χ0) is 25.2. The molecule has 2 aliphatic heterocycles. The molecule has 0 aliphatic carbocycles. The van der Waals surface area contributed by atoms with Gasteiger partial charge in [0.15, 0.2) is 8.32 Å². The first-order valence-electron chi connectivity index (χ1n) is 13.0. The van der Waals surface area contributed by atoms with E-state index in [0.29, 0.717) is 52.4 Å². The molecule has 2 aliphatic rings. The summed E-state index contributed by atoms with van der Waals surface area (Å²) in [7, 11) is -1.84. The van der Waals surface area contributed by atoms with Crippen LogP contribution in [0.25, 0.3) is 10.9 Å². The molecule has 6 nitrogen and oxygen atoms in total. The summed E-state index contributed by atoms with van der Waals surface area (Å²) in [5, 5.41) is 1.15. The van der Waals surface area contributed by atoms with Crippen molar-refractivity contribution in [1.29, 1.82) is 0 Å². The van der Waals surface area contributed by atoms with E-state index in [1.165, 1.54) is 5.56 Å². The number of aryl methyl sites for hydroxylation is 1. The molecule has 3 heterocycles. The molecule has 1 unspecified atom stereocenters. The number of nitrogens with zero attached hydrogens (tertiary/aromatic N) is 1. The third-order valence-corrected chi connectivity index (χ3v) is 12.5. The van der Waals surface area contributed by atoms with Crippen molar-refractivity contribution in [1.82, 2.24) is 9.88 Å². The second-order valence-corrected chi connectivity index (χ2v) is 16.1. The molecule has 35 heavy (non-hydrogen) atoms. The van der Waals surface area contributed by atoms with Gasteiger partial charge in [-0.3, -0.25) is 9.18 Å². The topological polar surface area (TPSA) is 63.8 Å². The maximum absolute atomic E-state index is 13.5. The number of fused-ring (bicyclic) bond motifs is 3. The molecule has 194 valence electrons. The third-order valence-electron chi connectivity index (χ3n) is 7.93. The van der Waals surface area contributed by atoms with Crippen molar-refractivity contribution in [3.63, 3.8) is 0 Å². The van der Waals surface area contributed by atoms with Gasteiger partial charge in [0.2, 0.25) is 0 Å². The molecule has 0 radical (unpaired) electrons. The van der Waals surface area contributed by atoms with Crippen LogP contribution in [0.1, 0.15) is 66.9 Å². The van der Waals surface area contributed by atoms with E-state index < -0.39 is 8.32 Å². The maximum Gasteiger partial charge on any atom is 0.254 e. The lowest BCUT2D eigenvalue weighted by molar-refractivity contribution is 0.0242. The standard InChI is InChI=1S/C27H41FN2O4Si/c1-27(2,3)35(4,5)34-16-11-22-25-20(10-15-33-22)23-21(26(31)30-13-17-32-18-14-30)9-8-19(7-6-12-28)24(23)29-25/h8-9,22,29H,6-7,10-18H2,1-5H3. The fraction of sp³-hybridized carbons (Fsp3) is 0.667. The molecule has 0 spiro atoms. The van der Waals surface area contributed by atoms with Crippen LogP contribution >= 0.6 is 0 Å². The third kappa shape index (κ3) is 5.50. The minimum atomic E-state index is -1.84. The SMILES string of the molecule is CC(C)(C)[Si](C)(C)OCCC1OCCc2c1[nH]c1c(CCCF)ccc(C(=O)N3CCOCC3)c21. The molecule has 1 N–H and O–H groups in total. The Labute approximate surface area is 209 Å². The fourth-order valence-electron chi connectivity index (χ4n) is 4.81. The molecule has 1 atom stereocenters. The van der Waals surface area contributed by atoms with Crippen molar-refractivity contribution in [3.05, 3.63) is 34.5 Å². The Kier molecular flexibility index (Phi) is 8.05. The van der Waals surface area contributed by atoms with Crippen LogP contribution in [0, 0.1) is 0 Å². The number of nitrogens with one attached hydrogen (secondary N) is 1. The average Bonchev–Trinajstić information content (AvgIpc) is 3.23. The zero-order valence-corrected chi connectivity index (χ0v) is 23.0. The Morgan fingerprint density at radius 2 is 1.97 bits per heavy atom. The highest BCUT2D eigenvalue weighted by Crippen LogP contribution is 2.40. The van der Waals surface area contributed by atoms with Crippen LogP contribution < -0.4 is 0 Å². The Bertz CT molecular complexity index is 1040. The van der Waals surface area contributed by atoms with Crippen LogP contribution in [-0.4, -0.2) is 70.3 Å². The number of hydrogen-bond acceptors (Lipinski definition) is 4. The van der Waals surface area contributed by atoms with Gasteiger partial charge >= 0.3 is 0 Å². The van der Waals surface area contributed by atoms with Crippen molar-refractivity contribution in [2.24, 2.45) is 0 Å². The van der Waals surface area contributed by atoms with Gasteiger partial charge in [-0.1, -0.05) is 26.8 Å². The Morgan fingerprint density at radius 1 is 1.23 bits per heavy atom. The highest BCUT2D eigenvalue weighted by atomic mass is 28.4. The predicted molar refractivity (Wildman–Crippen MR) is 139 cm³/mol. The van der Waals surface area contributed by atoms with Crippen LogP contribution in [0.2, 0.25) is 18.1 Å². The van der Waals surface area contributed by atoms with Gasteiger partial charge in [-0.25, -0.2) is 0 Å². The number of alkyl halides is 1. The largest absolute Gasteiger partial charge is 0.417 e. The Morgan fingerprint density at radius 3 is 2.66 bits per heavy atom. The first-order chi connectivity index (χ1) is 16.6. The molecule has 1 fully saturated rings. The fourth-order valence-corrected chi connectivity index (χ4v) is 5.87. The lowest BCUT2D eigenvalue weighted by Gasteiger charge is -2.36. The van der Waals surface area contributed by atoms with Crippen molar-refractivity contribution in [3.8, 4) is 0 Å². The summed E-state index contributed by atoms with van der Waals surface area (Å²) in [5.74, 6) is 0.0430. The van der Waals surface area contributed by atoms with Gasteiger partial charge < -0.3 is 23.8 Å². The van der Waals surface area contributed by atoms with Crippen LogP contribution in [0.15, 0.2) is 12.1 Å². The van der Waals surface area contributed by atoms with Crippen molar-refractivity contribution >= 4 is 25.1 Å². The summed E-state index contributed by atoms with van der Waals surface area (Å²) < 4.78 is 31.1. The summed E-state index contributed by atoms with van der Waals surface area (Å²) in [6.07, 6.45) is 2.52. The number of ether oxygens (including phenoxy) is 2. The van der Waals surface area contributed by atoms with Crippen molar-refractivity contribution in [2.45, 2.75) is 70.7 Å². The molecule has 0 bridgehead atoms. The predicted octanol–water partition coefficient (Wildman–Crippen LogP) is 5.57. The second-order valence-electron chi connectivity index (χ2n) is 11.2. The number of halogens is 1. The molecule has 2 aromatic rings. The van der Waals surface area contributed by atoms with E-state index in [0.717, 1.165) is 40.6 Å². The molecule has 1 aromatic carbocycles. The van der Waals surface area contributed by atoms with E-state index in [-0.39, 0.29) is 23.7 Å². The van der Waals surface area contributed by atoms with Gasteiger partial charge in [-0.15, -0.1) is 0 Å². The summed E-state index contributed by atoms with van der Waals surface area (Å²) in [6.45, 7) is 14.5. The quantitative estimate of drug-likeness (QED) is 0.478. The first-order valence-corrected chi connectivity index (χ1v) is 15.9. The number of amides is 1. The summed E-state index contributed by atoms with van der Waals surface area (Å²) in [5.41, 5.74) is 4.96. The number of aromatic amines is 1. The smallest absolute Gasteiger partial charge is 0.254 e. The van der Waals surface area contributed by atoms with Crippen molar-refractivity contribution < 1.29 is 23.1 Å². The number of hydrogen-bond donors (Lipinski definition) is 1. The maximum atomic E-state index is 13.5. The van der Waals surface area contributed by atoms with Gasteiger partial charge in [0, 0.05) is 48.3 Å². The Balaban J connectivity index is 1.66. The number of rotatable bonds is 8. The van der Waals surface area contributed by atoms with E-state index in [1.807, 2.05) is 17.0 Å². The first kappa shape index (κ1) is 26.3.